The third-order valence-corrected chi connectivity index (χ3v) is 4.55. The first-order valence-corrected chi connectivity index (χ1v) is 7.15. The molecular weight excluding hydrogens is 222 g/mol. The van der Waals surface area contributed by atoms with Crippen LogP contribution in [-0.2, 0) is 16.4 Å². The van der Waals surface area contributed by atoms with Gasteiger partial charge in [0, 0.05) is 13.6 Å². The zero-order valence-corrected chi connectivity index (χ0v) is 10.7. The number of sulfonamides is 1. The summed E-state index contributed by atoms with van der Waals surface area (Å²) < 4.78 is 24.8. The molecule has 0 aliphatic carbocycles. The highest BCUT2D eigenvalue weighted by atomic mass is 32.2. The maximum Gasteiger partial charge on any atom is 0.213 e. The second kappa shape index (κ2) is 6.01. The van der Waals surface area contributed by atoms with Gasteiger partial charge in [0.1, 0.15) is 0 Å². The maximum absolute atomic E-state index is 11.7. The molecule has 1 rings (SSSR count). The van der Waals surface area contributed by atoms with Crippen molar-refractivity contribution in [1.29, 1.82) is 0 Å². The van der Waals surface area contributed by atoms with Crippen molar-refractivity contribution >= 4 is 10.0 Å². The molecule has 0 saturated heterocycles. The average Bonchev–Trinajstić information content (AvgIpc) is 2.27. The minimum absolute atomic E-state index is 0.234. The van der Waals surface area contributed by atoms with E-state index in [2.05, 4.69) is 0 Å². The van der Waals surface area contributed by atoms with E-state index in [9.17, 15) is 8.42 Å². The van der Waals surface area contributed by atoms with Crippen LogP contribution in [0.4, 0.5) is 0 Å². The second-order valence-corrected chi connectivity index (χ2v) is 6.07. The van der Waals surface area contributed by atoms with Crippen molar-refractivity contribution in [3.05, 3.63) is 35.9 Å². The molecule has 0 heterocycles. The van der Waals surface area contributed by atoms with Crippen LogP contribution in [0, 0.1) is 0 Å². The molecule has 16 heavy (non-hydrogen) atoms. The lowest BCUT2D eigenvalue weighted by Crippen LogP contribution is -2.30. The summed E-state index contributed by atoms with van der Waals surface area (Å²) in [5.74, 6) is 0.234. The van der Waals surface area contributed by atoms with Crippen LogP contribution in [0.1, 0.15) is 18.9 Å². The molecule has 0 atom stereocenters. The molecule has 0 bridgehead atoms. The minimum Gasteiger partial charge on any atom is -0.212 e. The van der Waals surface area contributed by atoms with Crippen molar-refractivity contribution in [3.8, 4) is 0 Å². The molecule has 0 aliphatic rings. The zero-order chi connectivity index (χ0) is 12.0. The van der Waals surface area contributed by atoms with Gasteiger partial charge in [0.15, 0.2) is 0 Å². The Morgan fingerprint density at radius 2 is 1.81 bits per heavy atom. The first kappa shape index (κ1) is 13.2. The Hall–Kier alpha value is -0.870. The summed E-state index contributed by atoms with van der Waals surface area (Å²) in [4.78, 5) is 0. The van der Waals surface area contributed by atoms with E-state index in [-0.39, 0.29) is 5.75 Å². The fourth-order valence-corrected chi connectivity index (χ4v) is 2.68. The van der Waals surface area contributed by atoms with Crippen molar-refractivity contribution in [2.24, 2.45) is 0 Å². The van der Waals surface area contributed by atoms with Gasteiger partial charge >= 0.3 is 0 Å². The molecule has 1 aromatic carbocycles. The zero-order valence-electron chi connectivity index (χ0n) is 9.89. The molecule has 1 aromatic rings. The summed E-state index contributed by atoms with van der Waals surface area (Å²) in [6.45, 7) is 2.43. The number of rotatable bonds is 6. The topological polar surface area (TPSA) is 37.4 Å². The van der Waals surface area contributed by atoms with Gasteiger partial charge in [-0.15, -0.1) is 0 Å². The van der Waals surface area contributed by atoms with Crippen LogP contribution in [0.3, 0.4) is 0 Å². The molecule has 0 radical (unpaired) electrons. The third-order valence-electron chi connectivity index (χ3n) is 2.50. The van der Waals surface area contributed by atoms with Crippen LogP contribution >= 0.6 is 0 Å². The number of nitrogens with zero attached hydrogens (tertiary/aromatic N) is 1. The molecule has 0 fully saturated rings. The molecule has 4 heteroatoms. The summed E-state index contributed by atoms with van der Waals surface area (Å²) in [6.07, 6.45) is 1.43. The van der Waals surface area contributed by atoms with E-state index in [1.807, 2.05) is 37.3 Å². The molecular formula is C12H19NO2S. The first-order chi connectivity index (χ1) is 7.56. The van der Waals surface area contributed by atoms with Crippen molar-refractivity contribution in [3.63, 3.8) is 0 Å². The predicted molar refractivity (Wildman–Crippen MR) is 66.9 cm³/mol. The lowest BCUT2D eigenvalue weighted by molar-refractivity contribution is 0.472. The molecule has 0 aromatic heterocycles. The first-order valence-electron chi connectivity index (χ1n) is 5.54. The molecule has 90 valence electrons. The summed E-state index contributed by atoms with van der Waals surface area (Å²) >= 11 is 0. The van der Waals surface area contributed by atoms with Crippen LogP contribution in [0.2, 0.25) is 0 Å². The van der Waals surface area contributed by atoms with Crippen molar-refractivity contribution in [2.75, 3.05) is 19.3 Å². The van der Waals surface area contributed by atoms with Crippen LogP contribution in [0.5, 0.6) is 0 Å². The van der Waals surface area contributed by atoms with Crippen molar-refractivity contribution in [1.82, 2.24) is 4.31 Å². The molecule has 0 N–H and O–H groups in total. The van der Waals surface area contributed by atoms with E-state index in [1.54, 1.807) is 7.05 Å². The largest absolute Gasteiger partial charge is 0.213 e. The highest BCUT2D eigenvalue weighted by molar-refractivity contribution is 7.89. The van der Waals surface area contributed by atoms with E-state index < -0.39 is 10.0 Å². The molecule has 3 nitrogen and oxygen atoms in total. The molecule has 0 saturated carbocycles. The lowest BCUT2D eigenvalue weighted by atomic mass is 10.2. The summed E-state index contributed by atoms with van der Waals surface area (Å²) in [5, 5.41) is 0. The summed E-state index contributed by atoms with van der Waals surface area (Å²) in [6, 6.07) is 9.92. The monoisotopic (exact) mass is 241 g/mol. The Morgan fingerprint density at radius 1 is 1.19 bits per heavy atom. The average molecular weight is 241 g/mol. The SMILES string of the molecule is CCCS(=O)(=O)N(C)CCc1ccccc1. The predicted octanol–water partition coefficient (Wildman–Crippen LogP) is 1.90. The van der Waals surface area contributed by atoms with Gasteiger partial charge in [0.05, 0.1) is 5.75 Å². The van der Waals surface area contributed by atoms with Crippen LogP contribution in [-0.4, -0.2) is 32.1 Å². The number of benzene rings is 1. The Bertz CT molecular complexity index is 400. The number of likely N-dealkylation sites (N-methyl/N-ethyl adjacent to an activating group) is 1. The van der Waals surface area contributed by atoms with Crippen LogP contribution in [0.15, 0.2) is 30.3 Å². The Morgan fingerprint density at radius 3 is 2.38 bits per heavy atom. The van der Waals surface area contributed by atoms with E-state index in [0.717, 1.165) is 6.42 Å². The summed E-state index contributed by atoms with van der Waals surface area (Å²) in [5.41, 5.74) is 1.17. The maximum atomic E-state index is 11.7. The highest BCUT2D eigenvalue weighted by Gasteiger charge is 2.15. The van der Waals surface area contributed by atoms with Gasteiger partial charge in [-0.3, -0.25) is 0 Å². The normalized spacial score (nSPS) is 11.9. The Labute approximate surface area is 98.1 Å². The van der Waals surface area contributed by atoms with Gasteiger partial charge < -0.3 is 0 Å². The van der Waals surface area contributed by atoms with E-state index >= 15 is 0 Å². The van der Waals surface area contributed by atoms with Crippen LogP contribution < -0.4 is 0 Å². The molecule has 0 spiro atoms. The van der Waals surface area contributed by atoms with Gasteiger partial charge in [-0.1, -0.05) is 37.3 Å². The standard InChI is InChI=1S/C12H19NO2S/c1-3-11-16(14,15)13(2)10-9-12-7-5-4-6-8-12/h4-8H,3,9-11H2,1-2H3. The fraction of sp³-hybridized carbons (Fsp3) is 0.500. The quantitative estimate of drug-likeness (QED) is 0.763. The van der Waals surface area contributed by atoms with E-state index in [4.69, 9.17) is 0 Å². The summed E-state index contributed by atoms with van der Waals surface area (Å²) in [7, 11) is -1.40. The minimum atomic E-state index is -3.05. The lowest BCUT2D eigenvalue weighted by Gasteiger charge is -2.16. The Balaban J connectivity index is 2.50. The van der Waals surface area contributed by atoms with Gasteiger partial charge in [-0.25, -0.2) is 12.7 Å². The third kappa shape index (κ3) is 3.94. The highest BCUT2D eigenvalue weighted by Crippen LogP contribution is 2.04. The molecule has 0 unspecified atom stereocenters. The van der Waals surface area contributed by atoms with Gasteiger partial charge in [-0.05, 0) is 18.4 Å². The number of hydrogen-bond donors (Lipinski definition) is 0. The molecule has 0 amide bonds. The van der Waals surface area contributed by atoms with Crippen molar-refractivity contribution in [2.45, 2.75) is 19.8 Å². The molecule has 0 aliphatic heterocycles. The van der Waals surface area contributed by atoms with Crippen molar-refractivity contribution < 1.29 is 8.42 Å². The fourth-order valence-electron chi connectivity index (χ4n) is 1.48. The van der Waals surface area contributed by atoms with Crippen LogP contribution in [0.25, 0.3) is 0 Å². The smallest absolute Gasteiger partial charge is 0.212 e. The van der Waals surface area contributed by atoms with Gasteiger partial charge in [0.2, 0.25) is 10.0 Å². The van der Waals surface area contributed by atoms with E-state index in [1.165, 1.54) is 9.87 Å². The van der Waals surface area contributed by atoms with Gasteiger partial charge in [-0.2, -0.15) is 0 Å². The van der Waals surface area contributed by atoms with E-state index in [0.29, 0.717) is 13.0 Å². The number of hydrogen-bond acceptors (Lipinski definition) is 2. The second-order valence-electron chi connectivity index (χ2n) is 3.87. The van der Waals surface area contributed by atoms with Gasteiger partial charge in [0.25, 0.3) is 0 Å². The Kier molecular flexibility index (Phi) is 4.96.